The van der Waals surface area contributed by atoms with Gasteiger partial charge in [0.25, 0.3) is 11.5 Å². The minimum absolute atomic E-state index is 0.0456. The minimum Gasteiger partial charge on any atom is -0.342 e. The van der Waals surface area contributed by atoms with Crippen molar-refractivity contribution in [2.45, 2.75) is 43.4 Å². The third kappa shape index (κ3) is 3.29. The van der Waals surface area contributed by atoms with Gasteiger partial charge in [0.15, 0.2) is 0 Å². The van der Waals surface area contributed by atoms with E-state index in [0.29, 0.717) is 18.8 Å². The van der Waals surface area contributed by atoms with Crippen LogP contribution in [0.3, 0.4) is 0 Å². The van der Waals surface area contributed by atoms with E-state index in [9.17, 15) is 14.4 Å². The number of benzene rings is 1. The lowest BCUT2D eigenvalue weighted by Gasteiger charge is -2.40. The molecule has 5 rings (SSSR count). The van der Waals surface area contributed by atoms with E-state index in [1.807, 2.05) is 15.9 Å². The molecule has 31 heavy (non-hydrogen) atoms. The van der Waals surface area contributed by atoms with Crippen molar-refractivity contribution in [2.24, 2.45) is 7.05 Å². The van der Waals surface area contributed by atoms with Crippen LogP contribution >= 0.6 is 0 Å². The summed E-state index contributed by atoms with van der Waals surface area (Å²) in [5, 5.41) is 0. The van der Waals surface area contributed by atoms with Gasteiger partial charge in [-0.2, -0.15) is 0 Å². The van der Waals surface area contributed by atoms with Gasteiger partial charge in [-0.25, -0.2) is 0 Å². The topological polar surface area (TPSA) is 62.6 Å². The molecule has 1 aromatic heterocycles. The second kappa shape index (κ2) is 7.66. The Labute approximate surface area is 182 Å². The Bertz CT molecular complexity index is 1080. The van der Waals surface area contributed by atoms with Crippen LogP contribution in [0.2, 0.25) is 0 Å². The van der Waals surface area contributed by atoms with Gasteiger partial charge in [0.1, 0.15) is 5.69 Å². The number of likely N-dealkylation sites (tertiary alicyclic amines) is 2. The molecule has 0 bridgehead atoms. The Morgan fingerprint density at radius 2 is 1.61 bits per heavy atom. The van der Waals surface area contributed by atoms with E-state index in [2.05, 4.69) is 18.2 Å². The monoisotopic (exact) mass is 419 g/mol. The van der Waals surface area contributed by atoms with Crippen molar-refractivity contribution in [1.82, 2.24) is 14.4 Å². The van der Waals surface area contributed by atoms with Crippen molar-refractivity contribution < 1.29 is 9.59 Å². The molecule has 0 saturated carbocycles. The molecule has 6 heteroatoms. The molecule has 1 spiro atoms. The molecule has 1 aliphatic carbocycles. The van der Waals surface area contributed by atoms with Crippen molar-refractivity contribution in [2.75, 3.05) is 26.2 Å². The van der Waals surface area contributed by atoms with Gasteiger partial charge < -0.3 is 14.4 Å². The lowest BCUT2D eigenvalue weighted by Crippen LogP contribution is -2.45. The number of piperidine rings is 1. The normalized spacial score (nSPS) is 22.0. The second-order valence-corrected chi connectivity index (χ2v) is 9.26. The van der Waals surface area contributed by atoms with Gasteiger partial charge in [-0.15, -0.1) is 0 Å². The number of rotatable bonds is 2. The van der Waals surface area contributed by atoms with Crippen LogP contribution in [0.15, 0.2) is 47.3 Å². The number of pyridine rings is 1. The molecule has 2 fully saturated rings. The largest absolute Gasteiger partial charge is 0.342 e. The number of hydrogen-bond acceptors (Lipinski definition) is 3. The van der Waals surface area contributed by atoms with Gasteiger partial charge in [-0.3, -0.25) is 14.4 Å². The SMILES string of the molecule is Cn1c(C(=O)N2CCC3(CC2)CC(C(=O)N2CCCC2)c2ccccc23)cccc1=O. The fourth-order valence-corrected chi connectivity index (χ4v) is 5.82. The number of aromatic nitrogens is 1. The van der Waals surface area contributed by atoms with Gasteiger partial charge in [-0.1, -0.05) is 30.3 Å². The smallest absolute Gasteiger partial charge is 0.270 e. The second-order valence-electron chi connectivity index (χ2n) is 9.26. The molecule has 1 unspecified atom stereocenters. The Kier molecular flexibility index (Phi) is 4.95. The van der Waals surface area contributed by atoms with Gasteiger partial charge in [-0.05, 0) is 49.3 Å². The summed E-state index contributed by atoms with van der Waals surface area (Å²) in [4.78, 5) is 42.2. The maximum absolute atomic E-state index is 13.3. The first kappa shape index (κ1) is 20.0. The number of carbonyl (C=O) groups is 2. The molecule has 2 saturated heterocycles. The van der Waals surface area contributed by atoms with Crippen molar-refractivity contribution >= 4 is 11.8 Å². The van der Waals surface area contributed by atoms with Crippen LogP contribution in [0.1, 0.15) is 59.6 Å². The number of fused-ring (bicyclic) bond motifs is 2. The maximum atomic E-state index is 13.3. The Morgan fingerprint density at radius 1 is 0.903 bits per heavy atom. The summed E-state index contributed by atoms with van der Waals surface area (Å²) < 4.78 is 1.42. The summed E-state index contributed by atoms with van der Waals surface area (Å²) in [6.45, 7) is 3.03. The average Bonchev–Trinajstić information content (AvgIpc) is 3.43. The lowest BCUT2D eigenvalue weighted by atomic mass is 9.73. The first-order chi connectivity index (χ1) is 15.0. The van der Waals surface area contributed by atoms with Gasteiger partial charge in [0, 0.05) is 44.7 Å². The predicted octanol–water partition coefficient (Wildman–Crippen LogP) is 2.67. The first-order valence-corrected chi connectivity index (χ1v) is 11.3. The highest BCUT2D eigenvalue weighted by Gasteiger charge is 2.48. The van der Waals surface area contributed by atoms with Gasteiger partial charge in [0.05, 0.1) is 5.92 Å². The Morgan fingerprint density at radius 3 is 2.35 bits per heavy atom. The molecule has 3 aliphatic rings. The van der Waals surface area contributed by atoms with E-state index in [4.69, 9.17) is 0 Å². The molecule has 0 N–H and O–H groups in total. The minimum atomic E-state index is -0.174. The third-order valence-electron chi connectivity index (χ3n) is 7.63. The fourth-order valence-electron chi connectivity index (χ4n) is 5.82. The standard InChI is InChI=1S/C25H29N3O3/c1-26-21(9-6-10-22(26)29)24(31)28-15-11-25(12-16-28)17-19(18-7-2-3-8-20(18)25)23(30)27-13-4-5-14-27/h2-3,6-10,19H,4-5,11-17H2,1H3. The van der Waals surface area contributed by atoms with E-state index in [1.54, 1.807) is 19.2 Å². The third-order valence-corrected chi connectivity index (χ3v) is 7.63. The van der Waals surface area contributed by atoms with E-state index in [1.165, 1.54) is 21.8 Å². The van der Waals surface area contributed by atoms with Crippen molar-refractivity contribution in [1.29, 1.82) is 0 Å². The van der Waals surface area contributed by atoms with Gasteiger partial charge in [0.2, 0.25) is 5.91 Å². The Balaban J connectivity index is 1.37. The van der Waals surface area contributed by atoms with Crippen LogP contribution in [0.4, 0.5) is 0 Å². The summed E-state index contributed by atoms with van der Waals surface area (Å²) in [5.74, 6) is 0.122. The highest BCUT2D eigenvalue weighted by atomic mass is 16.2. The molecule has 2 aliphatic heterocycles. The Hall–Kier alpha value is -2.89. The van der Waals surface area contributed by atoms with Crippen molar-refractivity contribution in [3.05, 3.63) is 69.6 Å². The molecular formula is C25H29N3O3. The highest BCUT2D eigenvalue weighted by molar-refractivity contribution is 5.92. The fraction of sp³-hybridized carbons (Fsp3) is 0.480. The maximum Gasteiger partial charge on any atom is 0.270 e. The van der Waals surface area contributed by atoms with Gasteiger partial charge >= 0.3 is 0 Å². The molecule has 1 atom stereocenters. The van der Waals surface area contributed by atoms with Crippen LogP contribution in [0, 0.1) is 0 Å². The summed E-state index contributed by atoms with van der Waals surface area (Å²) in [5.41, 5.74) is 2.69. The molecular weight excluding hydrogens is 390 g/mol. The van der Waals surface area contributed by atoms with Crippen LogP contribution in [-0.4, -0.2) is 52.4 Å². The molecule has 1 aromatic carbocycles. The van der Waals surface area contributed by atoms with E-state index < -0.39 is 0 Å². The van der Waals surface area contributed by atoms with E-state index in [-0.39, 0.29) is 28.7 Å². The molecule has 2 aromatic rings. The first-order valence-electron chi connectivity index (χ1n) is 11.3. The van der Waals surface area contributed by atoms with E-state index >= 15 is 0 Å². The highest BCUT2D eigenvalue weighted by Crippen LogP contribution is 2.52. The predicted molar refractivity (Wildman–Crippen MR) is 118 cm³/mol. The van der Waals surface area contributed by atoms with E-state index in [0.717, 1.165) is 45.2 Å². The molecule has 3 heterocycles. The van der Waals surface area contributed by atoms with Crippen molar-refractivity contribution in [3.63, 3.8) is 0 Å². The molecule has 2 amide bonds. The lowest BCUT2D eigenvalue weighted by molar-refractivity contribution is -0.132. The number of amides is 2. The summed E-state index contributed by atoms with van der Waals surface area (Å²) in [7, 11) is 1.64. The summed E-state index contributed by atoms with van der Waals surface area (Å²) in [6, 6.07) is 13.2. The molecule has 6 nitrogen and oxygen atoms in total. The summed E-state index contributed by atoms with van der Waals surface area (Å²) in [6.07, 6.45) is 4.74. The zero-order valence-electron chi connectivity index (χ0n) is 18.0. The number of carbonyl (C=O) groups excluding carboxylic acids is 2. The van der Waals surface area contributed by atoms with Crippen LogP contribution in [0.25, 0.3) is 0 Å². The quantitative estimate of drug-likeness (QED) is 0.752. The average molecular weight is 420 g/mol. The number of nitrogens with zero attached hydrogens (tertiary/aromatic N) is 3. The van der Waals surface area contributed by atoms with Crippen LogP contribution < -0.4 is 5.56 Å². The molecule has 162 valence electrons. The summed E-state index contributed by atoms with van der Waals surface area (Å²) >= 11 is 0. The number of hydrogen-bond donors (Lipinski definition) is 0. The van der Waals surface area contributed by atoms with Crippen LogP contribution in [-0.2, 0) is 17.3 Å². The zero-order valence-corrected chi connectivity index (χ0v) is 18.0. The van der Waals surface area contributed by atoms with Crippen LogP contribution in [0.5, 0.6) is 0 Å². The molecule has 0 radical (unpaired) electrons. The zero-order chi connectivity index (χ0) is 21.6. The van der Waals surface area contributed by atoms with Crippen molar-refractivity contribution in [3.8, 4) is 0 Å².